The Morgan fingerprint density at radius 1 is 1.72 bits per heavy atom. The number of aromatic nitrogens is 1. The Kier molecular flexibility index (Phi) is 4.72. The van der Waals surface area contributed by atoms with E-state index in [0.29, 0.717) is 18.3 Å². The van der Waals surface area contributed by atoms with Gasteiger partial charge in [0.05, 0.1) is 12.5 Å². The molecule has 1 atom stereocenters. The van der Waals surface area contributed by atoms with Crippen molar-refractivity contribution in [2.45, 2.75) is 26.0 Å². The molecule has 0 spiro atoms. The van der Waals surface area contributed by atoms with E-state index in [-0.39, 0.29) is 17.8 Å². The number of hydrogen-bond donors (Lipinski definition) is 0. The Morgan fingerprint density at radius 3 is 3.17 bits per heavy atom. The molecule has 0 amide bonds. The van der Waals surface area contributed by atoms with Gasteiger partial charge < -0.3 is 4.74 Å². The van der Waals surface area contributed by atoms with Crippen LogP contribution in [-0.4, -0.2) is 47.3 Å². The van der Waals surface area contributed by atoms with Crippen LogP contribution in [0.4, 0.5) is 0 Å². The van der Waals surface area contributed by atoms with Crippen LogP contribution in [0.15, 0.2) is 5.38 Å². The first-order valence-electron chi connectivity index (χ1n) is 6.02. The van der Waals surface area contributed by atoms with Crippen molar-refractivity contribution in [2.24, 2.45) is 0 Å². The molecule has 1 aromatic heterocycles. The second kappa shape index (κ2) is 6.10. The fourth-order valence-corrected chi connectivity index (χ4v) is 2.92. The SMILES string of the molecule is CC(C)N1CCOC(c2nc(C(=O)CCl)cs2)C1. The molecule has 1 unspecified atom stereocenters. The van der Waals surface area contributed by atoms with Crippen molar-refractivity contribution in [1.29, 1.82) is 0 Å². The molecule has 18 heavy (non-hydrogen) atoms. The molecule has 0 aromatic carbocycles. The molecule has 1 saturated heterocycles. The third kappa shape index (κ3) is 3.09. The van der Waals surface area contributed by atoms with E-state index in [1.807, 2.05) is 0 Å². The number of hydrogen-bond acceptors (Lipinski definition) is 5. The Labute approximate surface area is 116 Å². The molecule has 0 aliphatic carbocycles. The zero-order valence-electron chi connectivity index (χ0n) is 10.6. The monoisotopic (exact) mass is 288 g/mol. The number of thiazole rings is 1. The lowest BCUT2D eigenvalue weighted by atomic mass is 10.2. The molecule has 0 N–H and O–H groups in total. The normalized spacial score (nSPS) is 21.4. The molecule has 0 saturated carbocycles. The lowest BCUT2D eigenvalue weighted by Crippen LogP contribution is -2.42. The largest absolute Gasteiger partial charge is 0.368 e. The summed E-state index contributed by atoms with van der Waals surface area (Å²) in [5, 5.41) is 2.63. The van der Waals surface area contributed by atoms with Gasteiger partial charge in [-0.05, 0) is 13.8 Å². The first-order chi connectivity index (χ1) is 8.61. The lowest BCUT2D eigenvalue weighted by molar-refractivity contribution is -0.0402. The number of rotatable bonds is 4. The van der Waals surface area contributed by atoms with Crippen LogP contribution in [0.5, 0.6) is 0 Å². The van der Waals surface area contributed by atoms with Crippen molar-refractivity contribution in [2.75, 3.05) is 25.6 Å². The van der Waals surface area contributed by atoms with Crippen LogP contribution in [0.3, 0.4) is 0 Å². The average Bonchev–Trinajstić information content (AvgIpc) is 2.87. The second-order valence-electron chi connectivity index (χ2n) is 4.58. The number of ether oxygens (including phenoxy) is 1. The summed E-state index contributed by atoms with van der Waals surface area (Å²) in [5.41, 5.74) is 0.454. The highest BCUT2D eigenvalue weighted by molar-refractivity contribution is 7.09. The van der Waals surface area contributed by atoms with Crippen molar-refractivity contribution in [3.63, 3.8) is 0 Å². The molecular weight excluding hydrogens is 272 g/mol. The highest BCUT2D eigenvalue weighted by Crippen LogP contribution is 2.26. The summed E-state index contributed by atoms with van der Waals surface area (Å²) in [5.74, 6) is -0.150. The van der Waals surface area contributed by atoms with Crippen molar-refractivity contribution in [1.82, 2.24) is 9.88 Å². The zero-order valence-corrected chi connectivity index (χ0v) is 12.1. The van der Waals surface area contributed by atoms with Crippen molar-refractivity contribution in [3.8, 4) is 0 Å². The van der Waals surface area contributed by atoms with Crippen molar-refractivity contribution in [3.05, 3.63) is 16.1 Å². The maximum absolute atomic E-state index is 11.4. The molecule has 6 heteroatoms. The summed E-state index contributed by atoms with van der Waals surface area (Å²) in [6.45, 7) is 6.84. The molecule has 1 fully saturated rings. The number of Topliss-reactive ketones (excluding diaryl/α,β-unsaturated/α-hetero) is 1. The summed E-state index contributed by atoms with van der Waals surface area (Å²) < 4.78 is 5.73. The van der Waals surface area contributed by atoms with Gasteiger partial charge in [0.2, 0.25) is 0 Å². The first kappa shape index (κ1) is 13.9. The van der Waals surface area contributed by atoms with Gasteiger partial charge in [-0.2, -0.15) is 0 Å². The zero-order chi connectivity index (χ0) is 13.1. The van der Waals surface area contributed by atoms with Crippen LogP contribution in [-0.2, 0) is 4.74 Å². The van der Waals surface area contributed by atoms with E-state index < -0.39 is 0 Å². The molecule has 0 radical (unpaired) electrons. The number of halogens is 1. The molecule has 1 aliphatic rings. The van der Waals surface area contributed by atoms with Gasteiger partial charge in [0, 0.05) is 24.5 Å². The third-order valence-corrected chi connectivity index (χ3v) is 4.21. The molecule has 2 heterocycles. The van der Waals surface area contributed by atoms with Crippen molar-refractivity contribution >= 4 is 28.7 Å². The summed E-state index contributed by atoms with van der Waals surface area (Å²) >= 11 is 6.99. The second-order valence-corrected chi connectivity index (χ2v) is 5.73. The number of nitrogens with zero attached hydrogens (tertiary/aromatic N) is 2. The van der Waals surface area contributed by atoms with Crippen LogP contribution in [0.1, 0.15) is 35.4 Å². The average molecular weight is 289 g/mol. The topological polar surface area (TPSA) is 42.4 Å². The van der Waals surface area contributed by atoms with Crippen LogP contribution < -0.4 is 0 Å². The van der Waals surface area contributed by atoms with Gasteiger partial charge in [0.15, 0.2) is 5.78 Å². The predicted octanol–water partition coefficient (Wildman–Crippen LogP) is 2.35. The van der Waals surface area contributed by atoms with Crippen LogP contribution in [0, 0.1) is 0 Å². The lowest BCUT2D eigenvalue weighted by Gasteiger charge is -2.34. The summed E-state index contributed by atoms with van der Waals surface area (Å²) in [6, 6.07) is 0.500. The van der Waals surface area contributed by atoms with Crippen molar-refractivity contribution < 1.29 is 9.53 Å². The fraction of sp³-hybridized carbons (Fsp3) is 0.667. The quantitative estimate of drug-likeness (QED) is 0.630. The molecular formula is C12H17ClN2O2S. The number of carbonyl (C=O) groups is 1. The highest BCUT2D eigenvalue weighted by atomic mass is 35.5. The first-order valence-corrected chi connectivity index (χ1v) is 7.43. The van der Waals surface area contributed by atoms with E-state index in [2.05, 4.69) is 23.7 Å². The van der Waals surface area contributed by atoms with E-state index in [4.69, 9.17) is 16.3 Å². The van der Waals surface area contributed by atoms with Gasteiger partial charge >= 0.3 is 0 Å². The predicted molar refractivity (Wildman–Crippen MR) is 72.6 cm³/mol. The Morgan fingerprint density at radius 2 is 2.50 bits per heavy atom. The maximum atomic E-state index is 11.4. The van der Waals surface area contributed by atoms with E-state index in [0.717, 1.165) is 18.1 Å². The Hall–Kier alpha value is -0.490. The number of ketones is 1. The minimum Gasteiger partial charge on any atom is -0.368 e. The maximum Gasteiger partial charge on any atom is 0.196 e. The van der Waals surface area contributed by atoms with E-state index in [1.165, 1.54) is 11.3 Å². The Balaban J connectivity index is 2.07. The minimum atomic E-state index is -0.129. The van der Waals surface area contributed by atoms with Gasteiger partial charge in [0.25, 0.3) is 0 Å². The van der Waals surface area contributed by atoms with Gasteiger partial charge in [-0.15, -0.1) is 22.9 Å². The van der Waals surface area contributed by atoms with Crippen LogP contribution in [0.2, 0.25) is 0 Å². The molecule has 1 aromatic rings. The van der Waals surface area contributed by atoms with E-state index in [1.54, 1.807) is 5.38 Å². The van der Waals surface area contributed by atoms with E-state index >= 15 is 0 Å². The molecule has 2 rings (SSSR count). The number of alkyl halides is 1. The number of morpholine rings is 1. The molecule has 100 valence electrons. The molecule has 1 aliphatic heterocycles. The number of carbonyl (C=O) groups excluding carboxylic acids is 1. The summed E-state index contributed by atoms with van der Waals surface area (Å²) in [4.78, 5) is 18.1. The minimum absolute atomic E-state index is 0.0210. The third-order valence-electron chi connectivity index (χ3n) is 3.03. The van der Waals surface area contributed by atoms with Gasteiger partial charge in [-0.3, -0.25) is 9.69 Å². The van der Waals surface area contributed by atoms with Gasteiger partial charge in [0.1, 0.15) is 16.8 Å². The standard InChI is InChI=1S/C12H17ClN2O2S/c1-8(2)15-3-4-17-11(6-15)12-14-9(7-18-12)10(16)5-13/h7-8,11H,3-6H2,1-2H3. The summed E-state index contributed by atoms with van der Waals surface area (Å²) in [6.07, 6.45) is -0.0250. The van der Waals surface area contributed by atoms with Gasteiger partial charge in [-0.25, -0.2) is 4.98 Å². The molecule has 0 bridgehead atoms. The summed E-state index contributed by atoms with van der Waals surface area (Å²) in [7, 11) is 0. The smallest absolute Gasteiger partial charge is 0.196 e. The molecule has 4 nitrogen and oxygen atoms in total. The van der Waals surface area contributed by atoms with E-state index in [9.17, 15) is 4.79 Å². The fourth-order valence-electron chi connectivity index (χ4n) is 1.92. The van der Waals surface area contributed by atoms with Crippen LogP contribution >= 0.6 is 22.9 Å². The Bertz CT molecular complexity index is 422. The highest BCUT2D eigenvalue weighted by Gasteiger charge is 2.26. The van der Waals surface area contributed by atoms with Crippen LogP contribution in [0.25, 0.3) is 0 Å². The van der Waals surface area contributed by atoms with Gasteiger partial charge in [-0.1, -0.05) is 0 Å².